The normalized spacial score (nSPS) is 21.8. The van der Waals surface area contributed by atoms with Crippen LogP contribution < -0.4 is 15.4 Å². The highest BCUT2D eigenvalue weighted by Gasteiger charge is 2.37. The summed E-state index contributed by atoms with van der Waals surface area (Å²) in [5, 5.41) is 8.41. The van der Waals surface area contributed by atoms with Gasteiger partial charge in [-0.1, -0.05) is 28.6 Å². The second kappa shape index (κ2) is 12.6. The number of nitrogens with one attached hydrogen (secondary N) is 2. The van der Waals surface area contributed by atoms with Gasteiger partial charge >= 0.3 is 6.03 Å². The molecule has 14 heteroatoms. The minimum absolute atomic E-state index is 0.221. The molecule has 43 heavy (non-hydrogen) atoms. The predicted octanol–water partition coefficient (Wildman–Crippen LogP) is 5.71. The third kappa shape index (κ3) is 6.17. The number of urea groups is 1. The van der Waals surface area contributed by atoms with Crippen molar-refractivity contribution in [3.8, 4) is 17.0 Å². The summed E-state index contributed by atoms with van der Waals surface area (Å²) in [6.45, 7) is -17.0. The van der Waals surface area contributed by atoms with Gasteiger partial charge in [0.1, 0.15) is 37.8 Å². The van der Waals surface area contributed by atoms with E-state index in [-0.39, 0.29) is 18.2 Å². The Bertz CT molecular complexity index is 2020. The molecule has 1 fully saturated rings. The topological polar surface area (TPSA) is 106 Å². The van der Waals surface area contributed by atoms with E-state index >= 15 is 0 Å². The fourth-order valence-electron chi connectivity index (χ4n) is 4.18. The summed E-state index contributed by atoms with van der Waals surface area (Å²) in [7, 11) is 0. The van der Waals surface area contributed by atoms with Gasteiger partial charge < -0.3 is 19.3 Å². The molecule has 6 rings (SSSR count). The zero-order valence-electron chi connectivity index (χ0n) is 30.2. The van der Waals surface area contributed by atoms with E-state index in [4.69, 9.17) is 25.2 Å². The highest BCUT2D eigenvalue weighted by atomic mass is 32.1. The predicted molar refractivity (Wildman–Crippen MR) is 158 cm³/mol. The summed E-state index contributed by atoms with van der Waals surface area (Å²) < 4.78 is 121. The summed E-state index contributed by atoms with van der Waals surface area (Å²) in [6, 6.07) is 12.2. The number of benzene rings is 2. The number of halogens is 3. The van der Waals surface area contributed by atoms with Crippen molar-refractivity contribution >= 4 is 44.1 Å². The molecule has 1 aliphatic rings. The molecule has 0 unspecified atom stereocenters. The number of rotatable bonds is 11. The van der Waals surface area contributed by atoms with E-state index < -0.39 is 64.1 Å². The fourth-order valence-corrected chi connectivity index (χ4v) is 5.22. The Hall–Kier alpha value is -4.14. The average molecular weight is 623 g/mol. The van der Waals surface area contributed by atoms with E-state index in [0.29, 0.717) is 27.0 Å². The number of ether oxygens (including phenoxy) is 2. The third-order valence-electron chi connectivity index (χ3n) is 6.61. The molecule has 2 aromatic carbocycles. The number of hydrogen-bond acceptors (Lipinski definition) is 8. The van der Waals surface area contributed by atoms with E-state index in [1.165, 1.54) is 11.3 Å². The van der Waals surface area contributed by atoms with Crippen LogP contribution in [0.15, 0.2) is 59.3 Å². The molecule has 2 amide bonds. The summed E-state index contributed by atoms with van der Waals surface area (Å²) in [5.74, 6) is 0.150. The summed E-state index contributed by atoms with van der Waals surface area (Å²) in [5.41, 5.74) is 0.198. The van der Waals surface area contributed by atoms with E-state index in [9.17, 15) is 18.0 Å². The first-order valence-electron chi connectivity index (χ1n) is 16.8. The number of fused-ring (bicyclic) bond motifs is 3. The Morgan fingerprint density at radius 1 is 1.07 bits per heavy atom. The second-order valence-corrected chi connectivity index (χ2v) is 10.5. The van der Waals surface area contributed by atoms with Crippen LogP contribution in [0.25, 0.3) is 26.4 Å². The van der Waals surface area contributed by atoms with Gasteiger partial charge in [-0.05, 0) is 30.3 Å². The number of carbonyl (C=O) groups excluding carboxylic acids is 1. The van der Waals surface area contributed by atoms with E-state index in [2.05, 4.69) is 20.5 Å². The molecule has 3 aromatic heterocycles. The van der Waals surface area contributed by atoms with Crippen LogP contribution in [0.2, 0.25) is 0 Å². The van der Waals surface area contributed by atoms with Gasteiger partial charge in [-0.3, -0.25) is 14.6 Å². The second-order valence-electron chi connectivity index (χ2n) is 9.45. The Morgan fingerprint density at radius 3 is 2.58 bits per heavy atom. The SMILES string of the molecule is [2H]C1([2H])OC([2H])([2H])C([2H])([2H])N(CCOc2ccc3c(c2)sc2nc(-c4ccc(NC(=O)Nc5cc(C(CF)(CF)CF)no5)cc4)cn23)C1([2H])[2H]. The number of carbonyl (C=O) groups is 1. The summed E-state index contributed by atoms with van der Waals surface area (Å²) in [4.78, 5) is 18.2. The molecule has 4 heterocycles. The number of imidazole rings is 1. The molecular weight excluding hydrogens is 585 g/mol. The van der Waals surface area contributed by atoms with Crippen LogP contribution in [0.5, 0.6) is 5.75 Å². The first kappa shape index (κ1) is 20.7. The van der Waals surface area contributed by atoms with Crippen LogP contribution in [0.1, 0.15) is 16.7 Å². The first-order valence-corrected chi connectivity index (χ1v) is 13.6. The summed E-state index contributed by atoms with van der Waals surface area (Å²) >= 11 is 1.36. The Balaban J connectivity index is 1.09. The molecule has 226 valence electrons. The lowest BCUT2D eigenvalue weighted by atomic mass is 9.89. The monoisotopic (exact) mass is 622 g/mol. The standard InChI is InChI=1S/C29H29F3N6O4S/c30-16-29(17-31,18-32)25-14-26(42-36-25)35-27(39)33-20-3-1-19(2-4-20)22-15-38-23-6-5-21(13-24(23)43-28(38)34-22)41-12-9-37-7-10-40-11-8-37/h1-6,13-15H,7-12,16-18H2,(H2,33,35,39)/i7D2,8D2,10D2,11D2. The molecular formula is C29H29F3N6O4S. The van der Waals surface area contributed by atoms with Crippen LogP contribution in [-0.4, -0.2) is 84.8 Å². The molecule has 0 radical (unpaired) electrons. The van der Waals surface area contributed by atoms with Gasteiger partial charge in [-0.15, -0.1) is 0 Å². The smallest absolute Gasteiger partial charge is 0.326 e. The number of alkyl halides is 3. The largest absolute Gasteiger partial charge is 0.492 e. The van der Waals surface area contributed by atoms with Gasteiger partial charge in [0.05, 0.1) is 40.2 Å². The van der Waals surface area contributed by atoms with Crippen molar-refractivity contribution in [2.24, 2.45) is 0 Å². The van der Waals surface area contributed by atoms with E-state index in [1.807, 2.05) is 10.6 Å². The van der Waals surface area contributed by atoms with Crippen LogP contribution in [0, 0.1) is 0 Å². The summed E-state index contributed by atoms with van der Waals surface area (Å²) in [6.07, 6.45) is 1.82. The molecule has 2 N–H and O–H groups in total. The van der Waals surface area contributed by atoms with Crippen LogP contribution in [-0.2, 0) is 10.2 Å². The van der Waals surface area contributed by atoms with Crippen molar-refractivity contribution in [2.45, 2.75) is 5.41 Å². The zero-order chi connectivity index (χ0) is 37.0. The lowest BCUT2D eigenvalue weighted by molar-refractivity contribution is 0.0322. The maximum atomic E-state index is 13.3. The van der Waals surface area contributed by atoms with E-state index in [0.717, 1.165) is 21.8 Å². The lowest BCUT2D eigenvalue weighted by Crippen LogP contribution is -2.38. The van der Waals surface area contributed by atoms with Crippen LogP contribution in [0.4, 0.5) is 29.5 Å². The quantitative estimate of drug-likeness (QED) is 0.195. The number of morpholine rings is 1. The molecule has 0 aliphatic carbocycles. The molecule has 0 bridgehead atoms. The highest BCUT2D eigenvalue weighted by Crippen LogP contribution is 2.32. The van der Waals surface area contributed by atoms with E-state index in [1.54, 1.807) is 42.5 Å². The van der Waals surface area contributed by atoms with Gasteiger partial charge in [-0.25, -0.2) is 22.9 Å². The van der Waals surface area contributed by atoms with Crippen LogP contribution in [0.3, 0.4) is 0 Å². The fraction of sp³-hybridized carbons (Fsp3) is 0.345. The van der Waals surface area contributed by atoms with Gasteiger partial charge in [0.15, 0.2) is 4.96 Å². The van der Waals surface area contributed by atoms with Crippen molar-refractivity contribution in [1.29, 1.82) is 0 Å². The maximum absolute atomic E-state index is 13.3. The number of thiazole rings is 1. The minimum atomic E-state index is -3.13. The first-order chi connectivity index (χ1) is 24.0. The average Bonchev–Trinajstić information content (AvgIpc) is 3.78. The molecule has 10 nitrogen and oxygen atoms in total. The van der Waals surface area contributed by atoms with Gasteiger partial charge in [0.25, 0.3) is 0 Å². The van der Waals surface area contributed by atoms with Gasteiger partial charge in [0, 0.05) is 48.5 Å². The zero-order valence-corrected chi connectivity index (χ0v) is 23.0. The number of anilines is 2. The van der Waals surface area contributed by atoms with Crippen molar-refractivity contribution in [3.05, 3.63) is 60.4 Å². The van der Waals surface area contributed by atoms with Crippen molar-refractivity contribution in [3.63, 3.8) is 0 Å². The van der Waals surface area contributed by atoms with Gasteiger partial charge in [0.2, 0.25) is 5.88 Å². The number of aromatic nitrogens is 3. The number of hydrogen-bond donors (Lipinski definition) is 2. The Kier molecular flexibility index (Phi) is 6.08. The lowest BCUT2D eigenvalue weighted by Gasteiger charge is -2.26. The maximum Gasteiger partial charge on any atom is 0.326 e. The molecule has 0 spiro atoms. The van der Waals surface area contributed by atoms with Gasteiger partial charge in [-0.2, -0.15) is 0 Å². The molecule has 0 saturated carbocycles. The van der Waals surface area contributed by atoms with Crippen LogP contribution >= 0.6 is 11.3 Å². The third-order valence-corrected chi connectivity index (χ3v) is 7.63. The molecule has 5 aromatic rings. The Labute approximate surface area is 259 Å². The number of amides is 2. The molecule has 1 saturated heterocycles. The highest BCUT2D eigenvalue weighted by molar-refractivity contribution is 7.23. The molecule has 0 atom stereocenters. The Morgan fingerprint density at radius 2 is 1.84 bits per heavy atom. The molecule has 1 aliphatic heterocycles. The number of nitrogens with zero attached hydrogens (tertiary/aromatic N) is 4. The van der Waals surface area contributed by atoms with Crippen molar-refractivity contribution in [1.82, 2.24) is 19.4 Å². The van der Waals surface area contributed by atoms with Crippen molar-refractivity contribution < 1.29 is 42.9 Å². The minimum Gasteiger partial charge on any atom is -0.492 e. The van der Waals surface area contributed by atoms with Crippen molar-refractivity contribution in [2.75, 3.05) is 69.9 Å².